The number of hydrazine groups is 1. The maximum absolute atomic E-state index is 11.1. The fraction of sp³-hybridized carbons (Fsp3) is 0.933. The van der Waals surface area contributed by atoms with Crippen molar-refractivity contribution in [2.24, 2.45) is 11.8 Å². The summed E-state index contributed by atoms with van der Waals surface area (Å²) in [5, 5.41) is 0. The molecule has 0 radical (unpaired) electrons. The summed E-state index contributed by atoms with van der Waals surface area (Å²) in [7, 11) is 0. The second kappa shape index (κ2) is 7.85. The molecular weight excluding hydrogens is 240 g/mol. The Morgan fingerprint density at radius 2 is 1.63 bits per heavy atom. The van der Waals surface area contributed by atoms with Crippen molar-refractivity contribution in [3.05, 3.63) is 0 Å². The van der Waals surface area contributed by atoms with Gasteiger partial charge < -0.3 is 4.74 Å². The third-order valence-corrected chi connectivity index (χ3v) is 4.67. The number of rotatable bonds is 5. The number of ether oxygens (including phenoxy) is 1. The average Bonchev–Trinajstić information content (AvgIpc) is 2.47. The van der Waals surface area contributed by atoms with Gasteiger partial charge in [0.25, 0.3) is 0 Å². The molecule has 0 saturated heterocycles. The first-order valence-corrected chi connectivity index (χ1v) is 7.93. The fourth-order valence-electron chi connectivity index (χ4n) is 3.44. The van der Waals surface area contributed by atoms with Crippen molar-refractivity contribution in [1.29, 1.82) is 0 Å². The molecule has 0 bridgehead atoms. The molecule has 0 atom stereocenters. The molecule has 0 spiro atoms. The SMILES string of the molecule is NNC(=O)CCC1CCC(OC2CCCCC2)CC1. The van der Waals surface area contributed by atoms with Gasteiger partial charge in [-0.3, -0.25) is 10.2 Å². The number of nitrogens with two attached hydrogens (primary N) is 1. The minimum Gasteiger partial charge on any atom is -0.375 e. The summed E-state index contributed by atoms with van der Waals surface area (Å²) >= 11 is 0. The molecule has 2 aliphatic rings. The van der Waals surface area contributed by atoms with E-state index in [9.17, 15) is 4.79 Å². The van der Waals surface area contributed by atoms with Crippen LogP contribution in [0.5, 0.6) is 0 Å². The summed E-state index contributed by atoms with van der Waals surface area (Å²) < 4.78 is 6.23. The van der Waals surface area contributed by atoms with Crippen LogP contribution in [0.3, 0.4) is 0 Å². The van der Waals surface area contributed by atoms with E-state index in [-0.39, 0.29) is 5.91 Å². The number of nitrogens with one attached hydrogen (secondary N) is 1. The first-order valence-electron chi connectivity index (χ1n) is 7.93. The standard InChI is InChI=1S/C15H28N2O2/c16-17-15(18)11-8-12-6-9-14(10-7-12)19-13-4-2-1-3-5-13/h12-14H,1-11,16H2,(H,17,18). The van der Waals surface area contributed by atoms with Gasteiger partial charge in [0.2, 0.25) is 5.91 Å². The van der Waals surface area contributed by atoms with Crippen LogP contribution in [-0.4, -0.2) is 18.1 Å². The van der Waals surface area contributed by atoms with E-state index < -0.39 is 0 Å². The highest BCUT2D eigenvalue weighted by Crippen LogP contribution is 2.32. The topological polar surface area (TPSA) is 64.3 Å². The summed E-state index contributed by atoms with van der Waals surface area (Å²) in [4.78, 5) is 11.1. The lowest BCUT2D eigenvalue weighted by atomic mass is 9.84. The molecule has 0 aromatic carbocycles. The van der Waals surface area contributed by atoms with Gasteiger partial charge in [-0.05, 0) is 50.9 Å². The zero-order valence-corrected chi connectivity index (χ0v) is 11.9. The van der Waals surface area contributed by atoms with E-state index in [1.807, 2.05) is 0 Å². The van der Waals surface area contributed by atoms with Gasteiger partial charge in [-0.25, -0.2) is 5.84 Å². The second-order valence-electron chi connectivity index (χ2n) is 6.15. The molecule has 3 N–H and O–H groups in total. The molecule has 2 aliphatic carbocycles. The van der Waals surface area contributed by atoms with Gasteiger partial charge in [-0.1, -0.05) is 19.3 Å². The molecule has 19 heavy (non-hydrogen) atoms. The van der Waals surface area contributed by atoms with Crippen LogP contribution in [0.1, 0.15) is 70.6 Å². The van der Waals surface area contributed by atoms with Crippen LogP contribution in [0.4, 0.5) is 0 Å². The molecule has 4 nitrogen and oxygen atoms in total. The van der Waals surface area contributed by atoms with Crippen LogP contribution >= 0.6 is 0 Å². The molecule has 2 fully saturated rings. The molecule has 4 heteroatoms. The third kappa shape index (κ3) is 5.11. The van der Waals surface area contributed by atoms with Crippen LogP contribution in [-0.2, 0) is 9.53 Å². The highest BCUT2D eigenvalue weighted by molar-refractivity contribution is 5.75. The summed E-state index contributed by atoms with van der Waals surface area (Å²) in [6.07, 6.45) is 13.9. The molecule has 0 unspecified atom stereocenters. The monoisotopic (exact) mass is 268 g/mol. The van der Waals surface area contributed by atoms with Gasteiger partial charge in [0, 0.05) is 6.42 Å². The Labute approximate surface area is 116 Å². The van der Waals surface area contributed by atoms with Gasteiger partial charge in [0.15, 0.2) is 0 Å². The zero-order valence-electron chi connectivity index (χ0n) is 11.9. The summed E-state index contributed by atoms with van der Waals surface area (Å²) in [6, 6.07) is 0. The lowest BCUT2D eigenvalue weighted by molar-refractivity contribution is -0.121. The Hall–Kier alpha value is -0.610. The predicted octanol–water partition coefficient (Wildman–Crippen LogP) is 2.66. The normalized spacial score (nSPS) is 29.1. The van der Waals surface area contributed by atoms with Crippen LogP contribution in [0, 0.1) is 5.92 Å². The maximum Gasteiger partial charge on any atom is 0.233 e. The molecule has 1 amide bonds. The third-order valence-electron chi connectivity index (χ3n) is 4.67. The number of carbonyl (C=O) groups excluding carboxylic acids is 1. The molecule has 2 rings (SSSR count). The largest absolute Gasteiger partial charge is 0.375 e. The smallest absolute Gasteiger partial charge is 0.233 e. The molecule has 110 valence electrons. The van der Waals surface area contributed by atoms with E-state index in [1.54, 1.807) is 0 Å². The van der Waals surface area contributed by atoms with E-state index in [4.69, 9.17) is 10.6 Å². The Balaban J connectivity index is 1.60. The minimum atomic E-state index is -0.0411. The number of amides is 1. The number of hydrogen-bond donors (Lipinski definition) is 2. The predicted molar refractivity (Wildman–Crippen MR) is 75.3 cm³/mol. The summed E-state index contributed by atoms with van der Waals surface area (Å²) in [5.74, 6) is 5.74. The lowest BCUT2D eigenvalue weighted by Crippen LogP contribution is -2.31. The van der Waals surface area contributed by atoms with Crippen molar-refractivity contribution >= 4 is 5.91 Å². The first kappa shape index (κ1) is 14.8. The molecule has 2 saturated carbocycles. The van der Waals surface area contributed by atoms with Crippen molar-refractivity contribution in [3.8, 4) is 0 Å². The van der Waals surface area contributed by atoms with Crippen molar-refractivity contribution in [3.63, 3.8) is 0 Å². The van der Waals surface area contributed by atoms with Crippen molar-refractivity contribution in [1.82, 2.24) is 5.43 Å². The summed E-state index contributed by atoms with van der Waals surface area (Å²) in [5.41, 5.74) is 2.20. The quantitative estimate of drug-likeness (QED) is 0.458. The molecule has 0 aromatic rings. The molecule has 0 heterocycles. The minimum absolute atomic E-state index is 0.0411. The highest BCUT2D eigenvalue weighted by Gasteiger charge is 2.25. The van der Waals surface area contributed by atoms with Gasteiger partial charge in [0.05, 0.1) is 12.2 Å². The molecular formula is C15H28N2O2. The van der Waals surface area contributed by atoms with Gasteiger partial charge in [-0.2, -0.15) is 0 Å². The van der Waals surface area contributed by atoms with Crippen LogP contribution in [0.2, 0.25) is 0 Å². The van der Waals surface area contributed by atoms with Gasteiger partial charge in [-0.15, -0.1) is 0 Å². The van der Waals surface area contributed by atoms with E-state index in [0.717, 1.165) is 6.42 Å². The van der Waals surface area contributed by atoms with Crippen LogP contribution in [0.25, 0.3) is 0 Å². The van der Waals surface area contributed by atoms with Crippen molar-refractivity contribution in [2.75, 3.05) is 0 Å². The van der Waals surface area contributed by atoms with Gasteiger partial charge in [0.1, 0.15) is 0 Å². The Morgan fingerprint density at radius 1 is 1.00 bits per heavy atom. The van der Waals surface area contributed by atoms with E-state index >= 15 is 0 Å². The van der Waals surface area contributed by atoms with Crippen molar-refractivity contribution < 1.29 is 9.53 Å². The number of hydrogen-bond acceptors (Lipinski definition) is 3. The van der Waals surface area contributed by atoms with Crippen LogP contribution in [0.15, 0.2) is 0 Å². The zero-order chi connectivity index (χ0) is 13.5. The number of carbonyl (C=O) groups is 1. The Bertz CT molecular complexity index is 269. The Morgan fingerprint density at radius 3 is 2.26 bits per heavy atom. The molecule has 0 aromatic heterocycles. The average molecular weight is 268 g/mol. The lowest BCUT2D eigenvalue weighted by Gasteiger charge is -2.32. The second-order valence-corrected chi connectivity index (χ2v) is 6.15. The van der Waals surface area contributed by atoms with Crippen LogP contribution < -0.4 is 11.3 Å². The fourth-order valence-corrected chi connectivity index (χ4v) is 3.44. The highest BCUT2D eigenvalue weighted by atomic mass is 16.5. The van der Waals surface area contributed by atoms with E-state index in [0.29, 0.717) is 24.5 Å². The Kier molecular flexibility index (Phi) is 6.11. The maximum atomic E-state index is 11.1. The van der Waals surface area contributed by atoms with E-state index in [2.05, 4.69) is 5.43 Å². The van der Waals surface area contributed by atoms with Gasteiger partial charge >= 0.3 is 0 Å². The molecule has 0 aliphatic heterocycles. The summed E-state index contributed by atoms with van der Waals surface area (Å²) in [6.45, 7) is 0. The van der Waals surface area contributed by atoms with E-state index in [1.165, 1.54) is 57.8 Å². The first-order chi connectivity index (χ1) is 9.28. The van der Waals surface area contributed by atoms with Crippen molar-refractivity contribution in [2.45, 2.75) is 82.8 Å².